The molecule has 1 aromatic carbocycles. The number of morpholine rings is 1. The molecule has 2 saturated heterocycles. The van der Waals surface area contributed by atoms with Crippen LogP contribution in [0.1, 0.15) is 18.4 Å². The molecule has 6 nitrogen and oxygen atoms in total. The van der Waals surface area contributed by atoms with Gasteiger partial charge in [-0.05, 0) is 30.5 Å². The Morgan fingerprint density at radius 3 is 2.22 bits per heavy atom. The first-order valence-electron chi connectivity index (χ1n) is 9.56. The summed E-state index contributed by atoms with van der Waals surface area (Å²) in [5.41, 5.74) is 1.49. The Labute approximate surface area is 158 Å². The maximum absolute atomic E-state index is 13.3. The number of hydrogen-bond donors (Lipinski definition) is 0. The number of hydrogen-bond acceptors (Lipinski definition) is 5. The number of imide groups is 1. The molecule has 0 saturated carbocycles. The molecular weight excluding hydrogens is 349 g/mol. The van der Waals surface area contributed by atoms with Crippen molar-refractivity contribution in [1.29, 1.82) is 0 Å². The molecule has 144 valence electrons. The fourth-order valence-electron chi connectivity index (χ4n) is 3.94. The van der Waals surface area contributed by atoms with Gasteiger partial charge in [0.05, 0.1) is 18.8 Å². The molecule has 27 heavy (non-hydrogen) atoms. The fraction of sp³-hybridized carbons (Fsp3) is 0.500. The number of rotatable bonds is 5. The molecule has 7 heteroatoms. The van der Waals surface area contributed by atoms with E-state index in [1.54, 1.807) is 12.1 Å². The lowest BCUT2D eigenvalue weighted by Gasteiger charge is -2.28. The molecule has 2 fully saturated rings. The average Bonchev–Trinajstić information content (AvgIpc) is 3.29. The van der Waals surface area contributed by atoms with Crippen LogP contribution in [0.15, 0.2) is 30.0 Å². The molecule has 0 aliphatic carbocycles. The average molecular weight is 373 g/mol. The second-order valence-corrected chi connectivity index (χ2v) is 7.14. The van der Waals surface area contributed by atoms with Crippen LogP contribution in [0.4, 0.5) is 4.39 Å². The van der Waals surface area contributed by atoms with E-state index < -0.39 is 0 Å². The molecule has 0 bridgehead atoms. The predicted molar refractivity (Wildman–Crippen MR) is 98.1 cm³/mol. The molecule has 0 aromatic heterocycles. The summed E-state index contributed by atoms with van der Waals surface area (Å²) in [4.78, 5) is 31.8. The smallest absolute Gasteiger partial charge is 0.277 e. The number of halogens is 1. The maximum Gasteiger partial charge on any atom is 0.277 e. The first kappa shape index (κ1) is 18.1. The number of nitrogens with zero attached hydrogens (tertiary/aromatic N) is 3. The second kappa shape index (κ2) is 7.78. The van der Waals surface area contributed by atoms with E-state index in [0.717, 1.165) is 39.0 Å². The van der Waals surface area contributed by atoms with E-state index in [1.807, 2.05) is 4.90 Å². The van der Waals surface area contributed by atoms with Crippen molar-refractivity contribution in [2.45, 2.75) is 12.8 Å². The molecular formula is C20H24FN3O3. The van der Waals surface area contributed by atoms with Gasteiger partial charge in [-0.2, -0.15) is 0 Å². The van der Waals surface area contributed by atoms with Gasteiger partial charge in [-0.25, -0.2) is 4.39 Å². The van der Waals surface area contributed by atoms with Crippen LogP contribution in [0.3, 0.4) is 0 Å². The Balaban J connectivity index is 1.59. The summed E-state index contributed by atoms with van der Waals surface area (Å²) in [7, 11) is 0. The van der Waals surface area contributed by atoms with Gasteiger partial charge < -0.3 is 9.64 Å². The molecule has 4 rings (SSSR count). The molecule has 1 aromatic rings. The number of likely N-dealkylation sites (tertiary alicyclic amines) is 1. The Bertz CT molecular complexity index is 750. The molecule has 2 amide bonds. The van der Waals surface area contributed by atoms with E-state index >= 15 is 0 Å². The highest BCUT2D eigenvalue weighted by molar-refractivity contribution is 6.35. The number of amides is 2. The van der Waals surface area contributed by atoms with Gasteiger partial charge in [-0.15, -0.1) is 0 Å². The van der Waals surface area contributed by atoms with Crippen molar-refractivity contribution in [3.05, 3.63) is 41.3 Å². The third kappa shape index (κ3) is 3.61. The van der Waals surface area contributed by atoms with E-state index in [9.17, 15) is 14.0 Å². The lowest BCUT2D eigenvalue weighted by molar-refractivity contribution is -0.137. The summed E-state index contributed by atoms with van der Waals surface area (Å²) >= 11 is 0. The van der Waals surface area contributed by atoms with Crippen LogP contribution in [-0.2, 0) is 14.3 Å². The number of ether oxygens (including phenoxy) is 1. The Kier molecular flexibility index (Phi) is 5.22. The monoisotopic (exact) mass is 373 g/mol. The minimum Gasteiger partial charge on any atom is -0.379 e. The standard InChI is InChI=1S/C20H24FN3O3/c21-16-5-3-15(4-6-16)17-18(23-7-1-2-8-23)20(26)24(19(17)25)10-9-22-11-13-27-14-12-22/h3-6H,1-2,7-14H2. The molecule has 3 aliphatic heterocycles. The third-order valence-electron chi connectivity index (χ3n) is 5.44. The van der Waals surface area contributed by atoms with Crippen molar-refractivity contribution in [2.75, 3.05) is 52.5 Å². The molecule has 3 heterocycles. The topological polar surface area (TPSA) is 53.1 Å². The Hall–Kier alpha value is -2.25. The lowest BCUT2D eigenvalue weighted by Crippen LogP contribution is -2.44. The van der Waals surface area contributed by atoms with E-state index in [1.165, 1.54) is 17.0 Å². The van der Waals surface area contributed by atoms with Crippen LogP contribution in [-0.4, -0.2) is 79.0 Å². The minimum absolute atomic E-state index is 0.227. The highest BCUT2D eigenvalue weighted by Gasteiger charge is 2.42. The summed E-state index contributed by atoms with van der Waals surface area (Å²) in [6, 6.07) is 5.82. The van der Waals surface area contributed by atoms with Crippen LogP contribution in [0.2, 0.25) is 0 Å². The molecule has 0 atom stereocenters. The molecule has 0 radical (unpaired) electrons. The fourth-order valence-corrected chi connectivity index (χ4v) is 3.94. The van der Waals surface area contributed by atoms with Crippen molar-refractivity contribution < 1.29 is 18.7 Å². The normalized spacial score (nSPS) is 21.7. The highest BCUT2D eigenvalue weighted by Crippen LogP contribution is 2.33. The third-order valence-corrected chi connectivity index (χ3v) is 5.44. The molecule has 0 N–H and O–H groups in total. The first-order chi connectivity index (χ1) is 13.1. The summed E-state index contributed by atoms with van der Waals surface area (Å²) in [5.74, 6) is -0.862. The quantitative estimate of drug-likeness (QED) is 0.729. The van der Waals surface area contributed by atoms with Crippen LogP contribution < -0.4 is 0 Å². The Morgan fingerprint density at radius 1 is 0.889 bits per heavy atom. The second-order valence-electron chi connectivity index (χ2n) is 7.14. The van der Waals surface area contributed by atoms with Gasteiger partial charge >= 0.3 is 0 Å². The summed E-state index contributed by atoms with van der Waals surface area (Å²) in [6.07, 6.45) is 2.02. The zero-order valence-electron chi connectivity index (χ0n) is 15.3. The highest BCUT2D eigenvalue weighted by atomic mass is 19.1. The summed E-state index contributed by atoms with van der Waals surface area (Å²) in [6.45, 7) is 5.54. The van der Waals surface area contributed by atoms with Crippen molar-refractivity contribution in [1.82, 2.24) is 14.7 Å². The number of benzene rings is 1. The van der Waals surface area contributed by atoms with Gasteiger partial charge in [-0.3, -0.25) is 19.4 Å². The van der Waals surface area contributed by atoms with Gasteiger partial charge in [0.1, 0.15) is 11.5 Å². The molecule has 3 aliphatic rings. The molecule has 0 spiro atoms. The van der Waals surface area contributed by atoms with Gasteiger partial charge in [0.25, 0.3) is 11.8 Å². The van der Waals surface area contributed by atoms with Crippen molar-refractivity contribution in [2.24, 2.45) is 0 Å². The largest absolute Gasteiger partial charge is 0.379 e. The minimum atomic E-state index is -0.358. The number of carbonyl (C=O) groups excluding carboxylic acids is 2. The Morgan fingerprint density at radius 2 is 1.56 bits per heavy atom. The van der Waals surface area contributed by atoms with Gasteiger partial charge in [-0.1, -0.05) is 12.1 Å². The van der Waals surface area contributed by atoms with Crippen molar-refractivity contribution in [3.8, 4) is 0 Å². The number of carbonyl (C=O) groups is 2. The SMILES string of the molecule is O=C1C(c2ccc(F)cc2)=C(N2CCCC2)C(=O)N1CCN1CCOCC1. The van der Waals surface area contributed by atoms with E-state index in [0.29, 0.717) is 43.1 Å². The van der Waals surface area contributed by atoms with Gasteiger partial charge in [0.2, 0.25) is 0 Å². The van der Waals surface area contributed by atoms with Crippen LogP contribution in [0, 0.1) is 5.82 Å². The van der Waals surface area contributed by atoms with E-state index in [-0.39, 0.29) is 17.6 Å². The van der Waals surface area contributed by atoms with Gasteiger partial charge in [0.15, 0.2) is 0 Å². The van der Waals surface area contributed by atoms with E-state index in [2.05, 4.69) is 4.90 Å². The van der Waals surface area contributed by atoms with E-state index in [4.69, 9.17) is 4.74 Å². The zero-order chi connectivity index (χ0) is 18.8. The van der Waals surface area contributed by atoms with Crippen LogP contribution >= 0.6 is 0 Å². The van der Waals surface area contributed by atoms with Crippen molar-refractivity contribution >= 4 is 17.4 Å². The summed E-state index contributed by atoms with van der Waals surface area (Å²) in [5, 5.41) is 0. The van der Waals surface area contributed by atoms with Crippen molar-refractivity contribution in [3.63, 3.8) is 0 Å². The van der Waals surface area contributed by atoms with Crippen LogP contribution in [0.25, 0.3) is 5.57 Å². The summed E-state index contributed by atoms with van der Waals surface area (Å²) < 4.78 is 18.7. The molecule has 0 unspecified atom stereocenters. The first-order valence-corrected chi connectivity index (χ1v) is 9.56. The van der Waals surface area contributed by atoms with Gasteiger partial charge in [0, 0.05) is 39.3 Å². The lowest BCUT2D eigenvalue weighted by atomic mass is 10.0. The van der Waals surface area contributed by atoms with Crippen LogP contribution in [0.5, 0.6) is 0 Å². The predicted octanol–water partition coefficient (Wildman–Crippen LogP) is 1.33. The maximum atomic E-state index is 13.3. The zero-order valence-corrected chi connectivity index (χ0v) is 15.3.